The number of benzene rings is 3. The first-order valence-corrected chi connectivity index (χ1v) is 11.7. The Balaban J connectivity index is 1.54. The minimum atomic E-state index is -0.0368. The van der Waals surface area contributed by atoms with Crippen molar-refractivity contribution in [3.05, 3.63) is 111 Å². The van der Waals surface area contributed by atoms with E-state index in [0.717, 1.165) is 33.7 Å². The third-order valence-corrected chi connectivity index (χ3v) is 7.04. The summed E-state index contributed by atoms with van der Waals surface area (Å²) in [6, 6.07) is 25.9. The lowest BCUT2D eigenvalue weighted by Crippen LogP contribution is -2.00. The van der Waals surface area contributed by atoms with Crippen molar-refractivity contribution in [2.45, 2.75) is 6.42 Å². The number of Topliss-reactive ketones (excluding diaryl/α,β-unsaturated/α-hetero) is 1. The first-order valence-electron chi connectivity index (χ1n) is 10.9. The maximum Gasteiger partial charge on any atom is 0.189 e. The number of halogens is 2. The number of para-hydroxylation sites is 1. The van der Waals surface area contributed by atoms with E-state index in [1.165, 1.54) is 0 Å². The first-order chi connectivity index (χ1) is 16.5. The van der Waals surface area contributed by atoms with Gasteiger partial charge in [-0.05, 0) is 47.5 Å². The fraction of sp³-hybridized carbons (Fsp3) is 0.0714. The lowest BCUT2D eigenvalue weighted by atomic mass is 10.1. The second kappa shape index (κ2) is 8.01. The number of hydrogen-bond acceptors (Lipinski definition) is 2. The van der Waals surface area contributed by atoms with Gasteiger partial charge in [-0.15, -0.1) is 0 Å². The highest BCUT2D eigenvalue weighted by atomic mass is 35.5. The van der Waals surface area contributed by atoms with Crippen LogP contribution in [0.5, 0.6) is 0 Å². The third kappa shape index (κ3) is 3.30. The largest absolute Gasteiger partial charge is 0.327 e. The number of hydrogen-bond donors (Lipinski definition) is 0. The van der Waals surface area contributed by atoms with Crippen LogP contribution in [0.25, 0.3) is 34.2 Å². The van der Waals surface area contributed by atoms with Gasteiger partial charge in [-0.1, -0.05) is 71.7 Å². The molecule has 0 aliphatic heterocycles. The van der Waals surface area contributed by atoms with Crippen LogP contribution in [0.4, 0.5) is 0 Å². The van der Waals surface area contributed by atoms with Crippen molar-refractivity contribution in [1.29, 1.82) is 0 Å². The Labute approximate surface area is 206 Å². The number of fused-ring (bicyclic) bond motifs is 2. The molecule has 0 amide bonds. The zero-order valence-corrected chi connectivity index (χ0v) is 19.8. The molecular formula is C28H19Cl2N3O. The van der Waals surface area contributed by atoms with Gasteiger partial charge in [0.15, 0.2) is 11.4 Å². The number of rotatable bonds is 3. The van der Waals surface area contributed by atoms with Crippen LogP contribution in [0.2, 0.25) is 10.0 Å². The number of ketones is 1. The molecule has 0 saturated heterocycles. The van der Waals surface area contributed by atoms with E-state index in [0.29, 0.717) is 33.4 Å². The van der Waals surface area contributed by atoms with Crippen LogP contribution in [0.3, 0.4) is 0 Å². The van der Waals surface area contributed by atoms with E-state index in [2.05, 4.69) is 27.3 Å². The summed E-state index contributed by atoms with van der Waals surface area (Å²) in [7, 11) is 2.02. The smallest absolute Gasteiger partial charge is 0.189 e. The zero-order chi connectivity index (χ0) is 23.4. The standard InChI is InChI=1S/C28H19Cl2N3O/c1-32-24(17-8-4-2-5-9-17)16-25-28(32)31-26(33(25)20-10-6-3-7-11-20)14-19-12-18-13-22(29)23(30)15-21(18)27(19)34/h2-11,13-16H,12H2,1H3/b19-14+. The van der Waals surface area contributed by atoms with Crippen LogP contribution in [0.15, 0.2) is 84.4 Å². The Kier molecular flexibility index (Phi) is 4.94. The summed E-state index contributed by atoms with van der Waals surface area (Å²) in [6.45, 7) is 0. The fourth-order valence-corrected chi connectivity index (χ4v) is 5.01. The van der Waals surface area contributed by atoms with Crippen LogP contribution in [0, 0.1) is 0 Å². The van der Waals surface area contributed by atoms with Crippen molar-refractivity contribution in [1.82, 2.24) is 14.1 Å². The van der Waals surface area contributed by atoms with Crippen molar-refractivity contribution in [3.8, 4) is 16.9 Å². The second-order valence-electron chi connectivity index (χ2n) is 8.40. The summed E-state index contributed by atoms with van der Waals surface area (Å²) in [4.78, 5) is 18.1. The van der Waals surface area contributed by atoms with E-state index in [-0.39, 0.29) is 5.78 Å². The Morgan fingerprint density at radius 2 is 1.59 bits per heavy atom. The average Bonchev–Trinajstić information content (AvgIpc) is 3.46. The third-order valence-electron chi connectivity index (χ3n) is 6.32. The van der Waals surface area contributed by atoms with Gasteiger partial charge in [0.05, 0.1) is 21.3 Å². The molecule has 0 atom stereocenters. The Morgan fingerprint density at radius 3 is 2.32 bits per heavy atom. The second-order valence-corrected chi connectivity index (χ2v) is 9.22. The Hall–Kier alpha value is -3.60. The highest BCUT2D eigenvalue weighted by molar-refractivity contribution is 6.42. The molecule has 34 heavy (non-hydrogen) atoms. The molecule has 0 saturated carbocycles. The van der Waals surface area contributed by atoms with E-state index >= 15 is 0 Å². The Bertz CT molecular complexity index is 1610. The van der Waals surface area contributed by atoms with E-state index in [1.807, 2.05) is 61.7 Å². The molecule has 0 spiro atoms. The molecule has 5 aromatic rings. The van der Waals surface area contributed by atoms with Crippen LogP contribution < -0.4 is 0 Å². The minimum Gasteiger partial charge on any atom is -0.327 e. The summed E-state index contributed by atoms with van der Waals surface area (Å²) in [5, 5.41) is 0.847. The summed E-state index contributed by atoms with van der Waals surface area (Å²) in [5.74, 6) is 0.671. The first kappa shape index (κ1) is 21.0. The molecule has 2 heterocycles. The van der Waals surface area contributed by atoms with Gasteiger partial charge in [0, 0.05) is 30.3 Å². The number of nitrogens with zero attached hydrogens (tertiary/aromatic N) is 3. The number of aryl methyl sites for hydroxylation is 1. The van der Waals surface area contributed by atoms with Crippen molar-refractivity contribution < 1.29 is 4.79 Å². The van der Waals surface area contributed by atoms with Crippen LogP contribution in [0.1, 0.15) is 21.7 Å². The van der Waals surface area contributed by atoms with Crippen molar-refractivity contribution in [3.63, 3.8) is 0 Å². The summed E-state index contributed by atoms with van der Waals surface area (Å²) in [6.07, 6.45) is 2.39. The monoisotopic (exact) mass is 483 g/mol. The van der Waals surface area contributed by atoms with Crippen LogP contribution >= 0.6 is 23.2 Å². The van der Waals surface area contributed by atoms with E-state index < -0.39 is 0 Å². The van der Waals surface area contributed by atoms with Crippen LogP contribution in [-0.2, 0) is 13.5 Å². The minimum absolute atomic E-state index is 0.0368. The molecule has 4 nitrogen and oxygen atoms in total. The molecule has 0 radical (unpaired) electrons. The predicted molar refractivity (Wildman–Crippen MR) is 138 cm³/mol. The Morgan fingerprint density at radius 1 is 0.912 bits per heavy atom. The van der Waals surface area contributed by atoms with Gasteiger partial charge in [-0.2, -0.15) is 0 Å². The van der Waals surface area contributed by atoms with Gasteiger partial charge in [-0.3, -0.25) is 9.36 Å². The SMILES string of the molecule is Cn1c(-c2ccccc2)cc2c1nc(/C=C1\Cc3cc(Cl)c(Cl)cc3C1=O)n2-c1ccccc1. The highest BCUT2D eigenvalue weighted by Crippen LogP contribution is 2.35. The molecule has 0 N–H and O–H groups in total. The lowest BCUT2D eigenvalue weighted by molar-refractivity contribution is 0.104. The maximum absolute atomic E-state index is 13.2. The average molecular weight is 484 g/mol. The van der Waals surface area contributed by atoms with E-state index in [4.69, 9.17) is 28.2 Å². The molecule has 0 unspecified atom stereocenters. The summed E-state index contributed by atoms with van der Waals surface area (Å²) >= 11 is 12.4. The van der Waals surface area contributed by atoms with Gasteiger partial charge in [0.2, 0.25) is 0 Å². The van der Waals surface area contributed by atoms with Crippen molar-refractivity contribution in [2.75, 3.05) is 0 Å². The quantitative estimate of drug-likeness (QED) is 0.255. The van der Waals surface area contributed by atoms with Gasteiger partial charge in [0.25, 0.3) is 0 Å². The van der Waals surface area contributed by atoms with E-state index in [9.17, 15) is 4.79 Å². The molecule has 2 aromatic heterocycles. The topological polar surface area (TPSA) is 39.8 Å². The van der Waals surface area contributed by atoms with Crippen LogP contribution in [-0.4, -0.2) is 19.9 Å². The molecule has 0 bridgehead atoms. The maximum atomic E-state index is 13.2. The highest BCUT2D eigenvalue weighted by Gasteiger charge is 2.27. The number of aromatic nitrogens is 3. The number of allylic oxidation sites excluding steroid dienone is 1. The molecule has 3 aromatic carbocycles. The van der Waals surface area contributed by atoms with Gasteiger partial charge >= 0.3 is 0 Å². The number of imidazole rings is 1. The van der Waals surface area contributed by atoms with Crippen molar-refractivity contribution >= 4 is 46.2 Å². The van der Waals surface area contributed by atoms with Gasteiger partial charge in [0.1, 0.15) is 5.82 Å². The fourth-order valence-electron chi connectivity index (χ4n) is 4.66. The summed E-state index contributed by atoms with van der Waals surface area (Å²) in [5.41, 5.74) is 7.18. The van der Waals surface area contributed by atoms with Gasteiger partial charge in [-0.25, -0.2) is 4.98 Å². The summed E-state index contributed by atoms with van der Waals surface area (Å²) < 4.78 is 4.20. The number of carbonyl (C=O) groups is 1. The van der Waals surface area contributed by atoms with Gasteiger partial charge < -0.3 is 4.57 Å². The van der Waals surface area contributed by atoms with Crippen molar-refractivity contribution in [2.24, 2.45) is 7.05 Å². The van der Waals surface area contributed by atoms with E-state index in [1.54, 1.807) is 12.1 Å². The predicted octanol–water partition coefficient (Wildman–Crippen LogP) is 7.16. The molecule has 166 valence electrons. The molecule has 1 aliphatic rings. The lowest BCUT2D eigenvalue weighted by Gasteiger charge is -2.07. The molecule has 0 fully saturated rings. The zero-order valence-electron chi connectivity index (χ0n) is 18.3. The molecule has 1 aliphatic carbocycles. The molecular weight excluding hydrogens is 465 g/mol. The normalized spacial score (nSPS) is 14.3. The molecule has 6 heteroatoms. The number of carbonyl (C=O) groups excluding carboxylic acids is 1. The molecule has 6 rings (SSSR count).